The molecule has 0 N–H and O–H groups in total. The lowest BCUT2D eigenvalue weighted by atomic mass is 10.3. The van der Waals surface area contributed by atoms with Gasteiger partial charge in [-0.3, -0.25) is 4.40 Å². The standard InChI is InChI=1S/C11H9N3/c1-8-6-7-12-11-13-9-4-2-3-5-10(9)14(8)11/h2-7H,1H3. The van der Waals surface area contributed by atoms with Crippen molar-refractivity contribution in [2.24, 2.45) is 0 Å². The molecule has 0 saturated heterocycles. The minimum Gasteiger partial charge on any atom is -0.281 e. The summed E-state index contributed by atoms with van der Waals surface area (Å²) < 4.78 is 2.06. The SMILES string of the molecule is Cc1ccnc2nc3ccccc3n12. The Bertz CT molecular complexity index is 610. The van der Waals surface area contributed by atoms with Gasteiger partial charge in [-0.15, -0.1) is 0 Å². The molecule has 0 bridgehead atoms. The van der Waals surface area contributed by atoms with E-state index in [4.69, 9.17) is 0 Å². The Balaban J connectivity index is 2.65. The van der Waals surface area contributed by atoms with E-state index in [1.54, 1.807) is 6.20 Å². The van der Waals surface area contributed by atoms with Crippen molar-refractivity contribution in [2.75, 3.05) is 0 Å². The maximum Gasteiger partial charge on any atom is 0.234 e. The predicted octanol–water partition coefficient (Wildman–Crippen LogP) is 2.19. The van der Waals surface area contributed by atoms with Crippen molar-refractivity contribution in [3.8, 4) is 0 Å². The first kappa shape index (κ1) is 7.50. The molecule has 2 aromatic heterocycles. The van der Waals surface area contributed by atoms with Crippen molar-refractivity contribution >= 4 is 16.8 Å². The Morgan fingerprint density at radius 3 is 2.93 bits per heavy atom. The summed E-state index contributed by atoms with van der Waals surface area (Å²) >= 11 is 0. The van der Waals surface area contributed by atoms with Crippen LogP contribution in [-0.4, -0.2) is 14.4 Å². The fourth-order valence-electron chi connectivity index (χ4n) is 1.73. The molecule has 0 aliphatic carbocycles. The van der Waals surface area contributed by atoms with E-state index in [-0.39, 0.29) is 0 Å². The summed E-state index contributed by atoms with van der Waals surface area (Å²) in [5.41, 5.74) is 3.27. The zero-order chi connectivity index (χ0) is 9.54. The average Bonchev–Trinajstić information content (AvgIpc) is 2.57. The molecule has 0 radical (unpaired) electrons. The Hall–Kier alpha value is -1.90. The molecule has 0 aliphatic heterocycles. The molecule has 0 fully saturated rings. The zero-order valence-corrected chi connectivity index (χ0v) is 7.81. The van der Waals surface area contributed by atoms with Crippen LogP contribution in [0.2, 0.25) is 0 Å². The van der Waals surface area contributed by atoms with Crippen molar-refractivity contribution < 1.29 is 0 Å². The average molecular weight is 183 g/mol. The first-order chi connectivity index (χ1) is 6.86. The summed E-state index contributed by atoms with van der Waals surface area (Å²) in [7, 11) is 0. The molecule has 3 heteroatoms. The van der Waals surface area contributed by atoms with Crippen LogP contribution < -0.4 is 0 Å². The second-order valence-corrected chi connectivity index (χ2v) is 3.32. The summed E-state index contributed by atoms with van der Waals surface area (Å²) in [6.45, 7) is 2.06. The summed E-state index contributed by atoms with van der Waals surface area (Å²) in [5.74, 6) is 0.770. The Labute approximate surface area is 81.0 Å². The number of rotatable bonds is 0. The van der Waals surface area contributed by atoms with E-state index in [1.165, 1.54) is 0 Å². The summed E-state index contributed by atoms with van der Waals surface area (Å²) in [5, 5.41) is 0. The summed E-state index contributed by atoms with van der Waals surface area (Å²) in [6.07, 6.45) is 1.79. The molecule has 14 heavy (non-hydrogen) atoms. The van der Waals surface area contributed by atoms with Crippen LogP contribution in [0.4, 0.5) is 0 Å². The van der Waals surface area contributed by atoms with Crippen molar-refractivity contribution in [3.05, 3.63) is 42.2 Å². The molecular formula is C11H9N3. The van der Waals surface area contributed by atoms with Crippen molar-refractivity contribution in [2.45, 2.75) is 6.92 Å². The second kappa shape index (κ2) is 2.54. The number of aromatic nitrogens is 3. The van der Waals surface area contributed by atoms with Gasteiger partial charge in [0.15, 0.2) is 0 Å². The van der Waals surface area contributed by atoms with Gasteiger partial charge in [0.2, 0.25) is 5.78 Å². The van der Waals surface area contributed by atoms with Gasteiger partial charge >= 0.3 is 0 Å². The molecule has 3 aromatic rings. The molecule has 0 amide bonds. The normalized spacial score (nSPS) is 11.2. The van der Waals surface area contributed by atoms with E-state index in [2.05, 4.69) is 27.4 Å². The number of hydrogen-bond donors (Lipinski definition) is 0. The quantitative estimate of drug-likeness (QED) is 0.534. The zero-order valence-electron chi connectivity index (χ0n) is 7.81. The van der Waals surface area contributed by atoms with Crippen LogP contribution in [0.15, 0.2) is 36.5 Å². The number of nitrogens with zero attached hydrogens (tertiary/aromatic N) is 3. The highest BCUT2D eigenvalue weighted by atomic mass is 15.1. The molecular weight excluding hydrogens is 174 g/mol. The number of aryl methyl sites for hydroxylation is 1. The van der Waals surface area contributed by atoms with Crippen molar-refractivity contribution in [1.82, 2.24) is 14.4 Å². The second-order valence-electron chi connectivity index (χ2n) is 3.32. The molecule has 0 atom stereocenters. The molecule has 3 rings (SSSR count). The Kier molecular flexibility index (Phi) is 1.36. The lowest BCUT2D eigenvalue weighted by molar-refractivity contribution is 1.07. The van der Waals surface area contributed by atoms with E-state index in [0.717, 1.165) is 22.5 Å². The highest BCUT2D eigenvalue weighted by molar-refractivity contribution is 5.79. The smallest absolute Gasteiger partial charge is 0.234 e. The van der Waals surface area contributed by atoms with Gasteiger partial charge in [-0.05, 0) is 25.1 Å². The Morgan fingerprint density at radius 2 is 2.00 bits per heavy atom. The van der Waals surface area contributed by atoms with Gasteiger partial charge in [0.25, 0.3) is 0 Å². The molecule has 2 heterocycles. The van der Waals surface area contributed by atoms with E-state index in [9.17, 15) is 0 Å². The van der Waals surface area contributed by atoms with E-state index >= 15 is 0 Å². The third kappa shape index (κ3) is 0.865. The van der Waals surface area contributed by atoms with Gasteiger partial charge in [-0.25, -0.2) is 9.97 Å². The van der Waals surface area contributed by atoms with Gasteiger partial charge in [0, 0.05) is 11.9 Å². The van der Waals surface area contributed by atoms with Crippen LogP contribution in [0.5, 0.6) is 0 Å². The first-order valence-corrected chi connectivity index (χ1v) is 4.55. The van der Waals surface area contributed by atoms with Crippen LogP contribution in [0.25, 0.3) is 16.8 Å². The van der Waals surface area contributed by atoms with Crippen molar-refractivity contribution in [1.29, 1.82) is 0 Å². The highest BCUT2D eigenvalue weighted by Crippen LogP contribution is 2.15. The van der Waals surface area contributed by atoms with Gasteiger partial charge < -0.3 is 0 Å². The molecule has 0 aliphatic rings. The molecule has 1 aromatic carbocycles. The monoisotopic (exact) mass is 183 g/mol. The van der Waals surface area contributed by atoms with Crippen molar-refractivity contribution in [3.63, 3.8) is 0 Å². The molecule has 0 saturated carbocycles. The number of para-hydroxylation sites is 2. The summed E-state index contributed by atoms with van der Waals surface area (Å²) in [4.78, 5) is 8.66. The van der Waals surface area contributed by atoms with Crippen LogP contribution >= 0.6 is 0 Å². The maximum atomic E-state index is 4.43. The van der Waals surface area contributed by atoms with Crippen LogP contribution in [-0.2, 0) is 0 Å². The fourth-order valence-corrected chi connectivity index (χ4v) is 1.73. The van der Waals surface area contributed by atoms with E-state index < -0.39 is 0 Å². The molecule has 3 nitrogen and oxygen atoms in total. The van der Waals surface area contributed by atoms with Crippen LogP contribution in [0, 0.1) is 6.92 Å². The number of hydrogen-bond acceptors (Lipinski definition) is 2. The number of benzene rings is 1. The number of imidazole rings is 1. The minimum atomic E-state index is 0.770. The van der Waals surface area contributed by atoms with Crippen LogP contribution in [0.3, 0.4) is 0 Å². The van der Waals surface area contributed by atoms with Gasteiger partial charge in [0.1, 0.15) is 0 Å². The van der Waals surface area contributed by atoms with E-state index in [0.29, 0.717) is 0 Å². The minimum absolute atomic E-state index is 0.770. The highest BCUT2D eigenvalue weighted by Gasteiger charge is 2.04. The van der Waals surface area contributed by atoms with Gasteiger partial charge in [-0.1, -0.05) is 12.1 Å². The summed E-state index contributed by atoms with van der Waals surface area (Å²) in [6, 6.07) is 10.1. The predicted molar refractivity (Wildman–Crippen MR) is 55.2 cm³/mol. The molecule has 0 unspecified atom stereocenters. The largest absolute Gasteiger partial charge is 0.281 e. The third-order valence-electron chi connectivity index (χ3n) is 2.40. The lowest BCUT2D eigenvalue weighted by Gasteiger charge is -1.98. The van der Waals surface area contributed by atoms with Gasteiger partial charge in [0.05, 0.1) is 11.0 Å². The van der Waals surface area contributed by atoms with Gasteiger partial charge in [-0.2, -0.15) is 0 Å². The maximum absolute atomic E-state index is 4.43. The fraction of sp³-hybridized carbons (Fsp3) is 0.0909. The number of fused-ring (bicyclic) bond motifs is 3. The molecule has 68 valence electrons. The topological polar surface area (TPSA) is 30.2 Å². The third-order valence-corrected chi connectivity index (χ3v) is 2.40. The Morgan fingerprint density at radius 1 is 1.14 bits per heavy atom. The first-order valence-electron chi connectivity index (χ1n) is 4.55. The van der Waals surface area contributed by atoms with E-state index in [1.807, 2.05) is 24.3 Å². The molecule has 0 spiro atoms. The van der Waals surface area contributed by atoms with Crippen LogP contribution in [0.1, 0.15) is 5.69 Å². The lowest BCUT2D eigenvalue weighted by Crippen LogP contribution is -1.91.